The Morgan fingerprint density at radius 3 is 2.85 bits per heavy atom. The summed E-state index contributed by atoms with van der Waals surface area (Å²) in [5.74, 6) is 2.64. The minimum absolute atomic E-state index is 0.134. The van der Waals surface area contributed by atoms with Crippen molar-refractivity contribution in [3.8, 4) is 12.3 Å². The predicted molar refractivity (Wildman–Crippen MR) is 83.2 cm³/mol. The van der Waals surface area contributed by atoms with Crippen LogP contribution in [0, 0.1) is 12.3 Å². The van der Waals surface area contributed by atoms with Gasteiger partial charge in [-0.15, -0.1) is 6.42 Å². The van der Waals surface area contributed by atoms with Crippen LogP contribution in [0.15, 0.2) is 11.0 Å². The molecule has 0 fully saturated rings. The van der Waals surface area contributed by atoms with Crippen molar-refractivity contribution in [2.24, 2.45) is 0 Å². The molecule has 0 bridgehead atoms. The van der Waals surface area contributed by atoms with Crippen molar-refractivity contribution in [1.29, 1.82) is 0 Å². The standard InChI is InChI=1S/C14H21ClN4O/c1-5-7-11(6-2)17-12-10-16-19(9-8-18(3)4)14(20)13(12)15/h2,10-11,17H,5,7-9H2,1,3-4H3. The van der Waals surface area contributed by atoms with Crippen LogP contribution in [0.2, 0.25) is 5.02 Å². The first-order valence-electron chi connectivity index (χ1n) is 6.62. The van der Waals surface area contributed by atoms with Gasteiger partial charge in [0.25, 0.3) is 5.56 Å². The van der Waals surface area contributed by atoms with Crippen molar-refractivity contribution in [2.45, 2.75) is 32.4 Å². The van der Waals surface area contributed by atoms with Gasteiger partial charge < -0.3 is 10.2 Å². The summed E-state index contributed by atoms with van der Waals surface area (Å²) in [5, 5.41) is 7.33. The fourth-order valence-electron chi connectivity index (χ4n) is 1.69. The molecule has 0 aliphatic rings. The highest BCUT2D eigenvalue weighted by molar-refractivity contribution is 6.32. The molecule has 1 aromatic rings. The van der Waals surface area contributed by atoms with Gasteiger partial charge >= 0.3 is 0 Å². The number of rotatable bonds is 7. The summed E-state index contributed by atoms with van der Waals surface area (Å²) in [6, 6.07) is -0.142. The average Bonchev–Trinajstić information content (AvgIpc) is 2.42. The number of aromatic nitrogens is 2. The quantitative estimate of drug-likeness (QED) is 0.778. The van der Waals surface area contributed by atoms with Crippen LogP contribution in [-0.2, 0) is 6.54 Å². The normalized spacial score (nSPS) is 12.2. The summed E-state index contributed by atoms with van der Waals surface area (Å²) in [6.07, 6.45) is 8.76. The highest BCUT2D eigenvalue weighted by atomic mass is 35.5. The first kappa shape index (κ1) is 16.5. The number of nitrogens with one attached hydrogen (secondary N) is 1. The van der Waals surface area contributed by atoms with Crippen LogP contribution in [-0.4, -0.2) is 41.4 Å². The number of anilines is 1. The Labute approximate surface area is 124 Å². The molecule has 20 heavy (non-hydrogen) atoms. The van der Waals surface area contributed by atoms with E-state index in [1.807, 2.05) is 25.9 Å². The molecule has 0 amide bonds. The topological polar surface area (TPSA) is 50.2 Å². The minimum atomic E-state index is -0.300. The minimum Gasteiger partial charge on any atom is -0.369 e. The van der Waals surface area contributed by atoms with E-state index in [4.69, 9.17) is 18.0 Å². The largest absolute Gasteiger partial charge is 0.369 e. The lowest BCUT2D eigenvalue weighted by Crippen LogP contribution is -2.30. The molecule has 1 N–H and O–H groups in total. The van der Waals surface area contributed by atoms with Gasteiger partial charge in [0.05, 0.1) is 24.5 Å². The van der Waals surface area contributed by atoms with Gasteiger partial charge in [-0.25, -0.2) is 4.68 Å². The molecule has 6 heteroatoms. The van der Waals surface area contributed by atoms with E-state index in [1.54, 1.807) is 6.20 Å². The fourth-order valence-corrected chi connectivity index (χ4v) is 1.89. The Kier molecular flexibility index (Phi) is 6.56. The molecular weight excluding hydrogens is 276 g/mol. The summed E-state index contributed by atoms with van der Waals surface area (Å²) in [7, 11) is 3.87. The Morgan fingerprint density at radius 2 is 2.30 bits per heavy atom. The molecule has 5 nitrogen and oxygen atoms in total. The molecule has 1 atom stereocenters. The molecule has 0 radical (unpaired) electrons. The Hall–Kier alpha value is -1.51. The molecule has 1 unspecified atom stereocenters. The first-order chi connectivity index (χ1) is 9.49. The molecule has 1 heterocycles. The fraction of sp³-hybridized carbons (Fsp3) is 0.571. The van der Waals surface area contributed by atoms with Gasteiger partial charge in [-0.2, -0.15) is 5.10 Å². The maximum absolute atomic E-state index is 12.1. The summed E-state index contributed by atoms with van der Waals surface area (Å²) in [6.45, 7) is 3.27. The second kappa shape index (κ2) is 7.93. The summed E-state index contributed by atoms with van der Waals surface area (Å²) < 4.78 is 1.36. The van der Waals surface area contributed by atoms with Crippen molar-refractivity contribution in [3.63, 3.8) is 0 Å². The van der Waals surface area contributed by atoms with Gasteiger partial charge in [0.1, 0.15) is 5.02 Å². The molecule has 0 saturated heterocycles. The van der Waals surface area contributed by atoms with Crippen LogP contribution in [0.5, 0.6) is 0 Å². The zero-order chi connectivity index (χ0) is 15.1. The van der Waals surface area contributed by atoms with E-state index in [1.165, 1.54) is 4.68 Å². The zero-order valence-electron chi connectivity index (χ0n) is 12.2. The molecule has 1 aromatic heterocycles. The van der Waals surface area contributed by atoms with Crippen LogP contribution in [0.25, 0.3) is 0 Å². The van der Waals surface area contributed by atoms with Crippen LogP contribution in [0.4, 0.5) is 5.69 Å². The number of halogens is 1. The SMILES string of the molecule is C#CC(CCC)Nc1cnn(CCN(C)C)c(=O)c1Cl. The smallest absolute Gasteiger partial charge is 0.287 e. The molecule has 0 saturated carbocycles. The number of terminal acetylenes is 1. The predicted octanol–water partition coefficient (Wildman–Crippen LogP) is 1.67. The molecule has 0 aliphatic heterocycles. The number of hydrogen-bond donors (Lipinski definition) is 1. The Balaban J connectivity index is 2.89. The highest BCUT2D eigenvalue weighted by Gasteiger charge is 2.12. The third kappa shape index (κ3) is 4.55. The Morgan fingerprint density at radius 1 is 1.60 bits per heavy atom. The summed E-state index contributed by atoms with van der Waals surface area (Å²) in [4.78, 5) is 14.1. The number of nitrogens with zero attached hydrogens (tertiary/aromatic N) is 3. The van der Waals surface area contributed by atoms with Gasteiger partial charge in [0.2, 0.25) is 0 Å². The van der Waals surface area contributed by atoms with E-state index in [2.05, 4.69) is 16.3 Å². The Bertz CT molecular complexity index is 533. The van der Waals surface area contributed by atoms with E-state index in [0.717, 1.165) is 19.4 Å². The maximum atomic E-state index is 12.1. The van der Waals surface area contributed by atoms with Gasteiger partial charge in [0, 0.05) is 6.54 Å². The van der Waals surface area contributed by atoms with Gasteiger partial charge in [-0.3, -0.25) is 4.79 Å². The lowest BCUT2D eigenvalue weighted by Gasteiger charge is -2.15. The first-order valence-corrected chi connectivity index (χ1v) is 7.00. The van der Waals surface area contributed by atoms with Gasteiger partial charge in [0.15, 0.2) is 0 Å². The number of likely N-dealkylation sites (N-methyl/N-ethyl adjacent to an activating group) is 1. The lowest BCUT2D eigenvalue weighted by atomic mass is 10.2. The van der Waals surface area contributed by atoms with Crippen molar-refractivity contribution in [3.05, 3.63) is 21.6 Å². The lowest BCUT2D eigenvalue weighted by molar-refractivity contribution is 0.367. The molecule has 1 rings (SSSR count). The van der Waals surface area contributed by atoms with Crippen LogP contribution < -0.4 is 10.9 Å². The summed E-state index contributed by atoms with van der Waals surface area (Å²) in [5.41, 5.74) is 0.194. The average molecular weight is 297 g/mol. The van der Waals surface area contributed by atoms with E-state index in [0.29, 0.717) is 12.2 Å². The van der Waals surface area contributed by atoms with E-state index in [-0.39, 0.29) is 16.6 Å². The molecule has 110 valence electrons. The van der Waals surface area contributed by atoms with Crippen LogP contribution in [0.1, 0.15) is 19.8 Å². The molecular formula is C14H21ClN4O. The number of hydrogen-bond acceptors (Lipinski definition) is 4. The highest BCUT2D eigenvalue weighted by Crippen LogP contribution is 2.17. The maximum Gasteiger partial charge on any atom is 0.287 e. The van der Waals surface area contributed by atoms with E-state index < -0.39 is 0 Å². The summed E-state index contributed by atoms with van der Waals surface area (Å²) >= 11 is 6.10. The van der Waals surface area contributed by atoms with Gasteiger partial charge in [-0.1, -0.05) is 30.9 Å². The van der Waals surface area contributed by atoms with Crippen molar-refractivity contribution in [1.82, 2.24) is 14.7 Å². The van der Waals surface area contributed by atoms with Crippen molar-refractivity contribution in [2.75, 3.05) is 26.0 Å². The molecule has 0 aromatic carbocycles. The van der Waals surface area contributed by atoms with Gasteiger partial charge in [-0.05, 0) is 20.5 Å². The van der Waals surface area contributed by atoms with Crippen molar-refractivity contribution < 1.29 is 0 Å². The molecule has 0 aliphatic carbocycles. The van der Waals surface area contributed by atoms with Crippen LogP contribution >= 0.6 is 11.6 Å². The third-order valence-corrected chi connectivity index (χ3v) is 3.22. The monoisotopic (exact) mass is 296 g/mol. The zero-order valence-corrected chi connectivity index (χ0v) is 12.9. The van der Waals surface area contributed by atoms with Crippen molar-refractivity contribution >= 4 is 17.3 Å². The third-order valence-electron chi connectivity index (χ3n) is 2.85. The second-order valence-electron chi connectivity index (χ2n) is 4.86. The molecule has 0 spiro atoms. The van der Waals surface area contributed by atoms with E-state index in [9.17, 15) is 4.79 Å². The van der Waals surface area contributed by atoms with Crippen LogP contribution in [0.3, 0.4) is 0 Å². The van der Waals surface area contributed by atoms with E-state index >= 15 is 0 Å². The second-order valence-corrected chi connectivity index (χ2v) is 5.23.